The van der Waals surface area contributed by atoms with E-state index < -0.39 is 0 Å². The fraction of sp³-hybridized carbons (Fsp3) is 0.455. The van der Waals surface area contributed by atoms with E-state index in [1.165, 1.54) is 0 Å². The van der Waals surface area contributed by atoms with Crippen LogP contribution in [0, 0.1) is 5.92 Å². The van der Waals surface area contributed by atoms with Gasteiger partial charge in [0.1, 0.15) is 0 Å². The molecule has 0 amide bonds. The first-order chi connectivity index (χ1) is 7.27. The first kappa shape index (κ1) is 10.8. The number of hydrogen-bond acceptors (Lipinski definition) is 3. The maximum Gasteiger partial charge on any atom is 0.169 e. The average Bonchev–Trinajstić information content (AvgIpc) is 2.29. The highest BCUT2D eigenvalue weighted by Gasteiger charge is 2.23. The van der Waals surface area contributed by atoms with Crippen molar-refractivity contribution >= 4 is 21.7 Å². The molecule has 1 aliphatic heterocycles. The fourth-order valence-electron chi connectivity index (χ4n) is 1.73. The molecule has 0 bridgehead atoms. The second-order valence-corrected chi connectivity index (χ2v) is 4.59. The highest BCUT2D eigenvalue weighted by Crippen LogP contribution is 2.20. The zero-order chi connectivity index (χ0) is 10.7. The van der Waals surface area contributed by atoms with E-state index >= 15 is 0 Å². The van der Waals surface area contributed by atoms with E-state index in [-0.39, 0.29) is 11.7 Å². The van der Waals surface area contributed by atoms with Crippen LogP contribution in [-0.4, -0.2) is 24.0 Å². The van der Waals surface area contributed by atoms with E-state index in [1.807, 2.05) is 6.07 Å². The molecular formula is C11H12BrNO2. The Kier molecular flexibility index (Phi) is 3.49. The summed E-state index contributed by atoms with van der Waals surface area (Å²) in [6.45, 7) is 1.33. The first-order valence-electron chi connectivity index (χ1n) is 5.00. The van der Waals surface area contributed by atoms with Crippen molar-refractivity contribution in [2.24, 2.45) is 5.92 Å². The van der Waals surface area contributed by atoms with Crippen LogP contribution >= 0.6 is 15.9 Å². The molecule has 1 saturated heterocycles. The molecule has 15 heavy (non-hydrogen) atoms. The standard InChI is InChI=1S/C11H12BrNO2/c12-10-4-9(5-13-6-10)11(14)8-2-1-3-15-7-8/h4-6,8H,1-3,7H2. The zero-order valence-corrected chi connectivity index (χ0v) is 9.87. The van der Waals surface area contributed by atoms with Crippen molar-refractivity contribution in [2.75, 3.05) is 13.2 Å². The van der Waals surface area contributed by atoms with Gasteiger partial charge in [-0.3, -0.25) is 9.78 Å². The number of carbonyl (C=O) groups excluding carboxylic acids is 1. The lowest BCUT2D eigenvalue weighted by Crippen LogP contribution is -2.25. The molecule has 0 radical (unpaired) electrons. The van der Waals surface area contributed by atoms with Gasteiger partial charge in [0.05, 0.1) is 6.61 Å². The summed E-state index contributed by atoms with van der Waals surface area (Å²) in [5.74, 6) is 0.151. The molecule has 0 N–H and O–H groups in total. The number of aromatic nitrogens is 1. The van der Waals surface area contributed by atoms with Gasteiger partial charge in [0.2, 0.25) is 0 Å². The number of pyridine rings is 1. The minimum atomic E-state index is 0.00912. The monoisotopic (exact) mass is 269 g/mol. The molecule has 2 rings (SSSR count). The van der Waals surface area contributed by atoms with Gasteiger partial charge >= 0.3 is 0 Å². The summed E-state index contributed by atoms with van der Waals surface area (Å²) in [7, 11) is 0. The topological polar surface area (TPSA) is 39.2 Å². The molecular weight excluding hydrogens is 258 g/mol. The zero-order valence-electron chi connectivity index (χ0n) is 8.28. The number of rotatable bonds is 2. The Morgan fingerprint density at radius 2 is 2.40 bits per heavy atom. The van der Waals surface area contributed by atoms with Crippen molar-refractivity contribution in [2.45, 2.75) is 12.8 Å². The lowest BCUT2D eigenvalue weighted by atomic mass is 9.93. The Balaban J connectivity index is 2.12. The van der Waals surface area contributed by atoms with Crippen molar-refractivity contribution in [1.82, 2.24) is 4.98 Å². The first-order valence-corrected chi connectivity index (χ1v) is 5.79. The van der Waals surface area contributed by atoms with Gasteiger partial charge < -0.3 is 4.74 Å². The third kappa shape index (κ3) is 2.63. The summed E-state index contributed by atoms with van der Waals surface area (Å²) < 4.78 is 6.14. The van der Waals surface area contributed by atoms with E-state index in [9.17, 15) is 4.79 Å². The van der Waals surface area contributed by atoms with Crippen LogP contribution in [0.25, 0.3) is 0 Å². The van der Waals surface area contributed by atoms with Crippen molar-refractivity contribution in [1.29, 1.82) is 0 Å². The molecule has 1 fully saturated rings. The Morgan fingerprint density at radius 1 is 1.53 bits per heavy atom. The van der Waals surface area contributed by atoms with Crippen LogP contribution in [-0.2, 0) is 4.74 Å². The normalized spacial score (nSPS) is 21.3. The molecule has 1 aromatic heterocycles. The Morgan fingerprint density at radius 3 is 3.07 bits per heavy atom. The van der Waals surface area contributed by atoms with Crippen LogP contribution in [0.1, 0.15) is 23.2 Å². The Hall–Kier alpha value is -0.740. The quantitative estimate of drug-likeness (QED) is 0.775. The molecule has 4 heteroatoms. The van der Waals surface area contributed by atoms with Gasteiger partial charge in [-0.15, -0.1) is 0 Å². The Bertz CT molecular complexity index is 361. The predicted octanol–water partition coefficient (Wildman–Crippen LogP) is 2.45. The maximum atomic E-state index is 12.0. The van der Waals surface area contributed by atoms with Crippen LogP contribution < -0.4 is 0 Å². The number of Topliss-reactive ketones (excluding diaryl/α,β-unsaturated/α-hetero) is 1. The van der Waals surface area contributed by atoms with E-state index in [0.717, 1.165) is 23.9 Å². The van der Waals surface area contributed by atoms with Gasteiger partial charge in [-0.05, 0) is 34.8 Å². The highest BCUT2D eigenvalue weighted by molar-refractivity contribution is 9.10. The summed E-state index contributed by atoms with van der Waals surface area (Å²) in [6.07, 6.45) is 5.18. The molecule has 1 aromatic rings. The number of hydrogen-bond donors (Lipinski definition) is 0. The van der Waals surface area contributed by atoms with Crippen molar-refractivity contribution in [3.63, 3.8) is 0 Å². The van der Waals surface area contributed by atoms with Crippen LogP contribution in [0.2, 0.25) is 0 Å². The summed E-state index contributed by atoms with van der Waals surface area (Å²) in [5.41, 5.74) is 0.667. The summed E-state index contributed by atoms with van der Waals surface area (Å²) in [5, 5.41) is 0. The highest BCUT2D eigenvalue weighted by atomic mass is 79.9. The van der Waals surface area contributed by atoms with Gasteiger partial charge in [0.15, 0.2) is 5.78 Å². The number of ether oxygens (including phenoxy) is 1. The third-order valence-electron chi connectivity index (χ3n) is 2.52. The van der Waals surface area contributed by atoms with Crippen molar-refractivity contribution in [3.05, 3.63) is 28.5 Å². The SMILES string of the molecule is O=C(c1cncc(Br)c1)C1CCCOC1. The minimum Gasteiger partial charge on any atom is -0.381 e. The van der Waals surface area contributed by atoms with E-state index in [0.29, 0.717) is 12.2 Å². The number of halogens is 1. The number of nitrogens with zero attached hydrogens (tertiary/aromatic N) is 1. The van der Waals surface area contributed by atoms with Crippen LogP contribution in [0.3, 0.4) is 0 Å². The van der Waals surface area contributed by atoms with Gasteiger partial charge in [-0.2, -0.15) is 0 Å². The molecule has 1 aliphatic rings. The maximum absolute atomic E-state index is 12.0. The van der Waals surface area contributed by atoms with E-state index in [2.05, 4.69) is 20.9 Å². The van der Waals surface area contributed by atoms with Crippen molar-refractivity contribution < 1.29 is 9.53 Å². The average molecular weight is 270 g/mol. The molecule has 1 atom stereocenters. The summed E-state index contributed by atoms with van der Waals surface area (Å²) in [6, 6.07) is 1.81. The third-order valence-corrected chi connectivity index (χ3v) is 2.95. The predicted molar refractivity (Wildman–Crippen MR) is 59.8 cm³/mol. The fourth-order valence-corrected chi connectivity index (χ4v) is 2.09. The van der Waals surface area contributed by atoms with Crippen LogP contribution in [0.5, 0.6) is 0 Å². The summed E-state index contributed by atoms with van der Waals surface area (Å²) >= 11 is 3.31. The second-order valence-electron chi connectivity index (χ2n) is 3.67. The summed E-state index contributed by atoms with van der Waals surface area (Å²) in [4.78, 5) is 16.0. The van der Waals surface area contributed by atoms with Crippen LogP contribution in [0.4, 0.5) is 0 Å². The lowest BCUT2D eigenvalue weighted by Gasteiger charge is -2.20. The van der Waals surface area contributed by atoms with Gasteiger partial charge in [-0.25, -0.2) is 0 Å². The number of carbonyl (C=O) groups is 1. The van der Waals surface area contributed by atoms with E-state index in [4.69, 9.17) is 4.74 Å². The number of ketones is 1. The Labute approximate surface area is 97.0 Å². The molecule has 80 valence electrons. The van der Waals surface area contributed by atoms with E-state index in [1.54, 1.807) is 12.4 Å². The second kappa shape index (κ2) is 4.86. The van der Waals surface area contributed by atoms with Gasteiger partial charge in [-0.1, -0.05) is 0 Å². The molecule has 0 spiro atoms. The molecule has 0 aromatic carbocycles. The molecule has 1 unspecified atom stereocenters. The molecule has 0 aliphatic carbocycles. The lowest BCUT2D eigenvalue weighted by molar-refractivity contribution is 0.0461. The molecule has 3 nitrogen and oxygen atoms in total. The minimum absolute atomic E-state index is 0.00912. The van der Waals surface area contributed by atoms with Crippen molar-refractivity contribution in [3.8, 4) is 0 Å². The van der Waals surface area contributed by atoms with Gasteiger partial charge in [0, 0.05) is 35.0 Å². The van der Waals surface area contributed by atoms with Crippen LogP contribution in [0.15, 0.2) is 22.9 Å². The van der Waals surface area contributed by atoms with Gasteiger partial charge in [0.25, 0.3) is 0 Å². The molecule has 2 heterocycles. The largest absolute Gasteiger partial charge is 0.381 e. The molecule has 0 saturated carbocycles. The smallest absolute Gasteiger partial charge is 0.169 e.